The maximum Gasteiger partial charge on any atom is 0.327 e. The second-order valence-corrected chi connectivity index (χ2v) is 18.8. The summed E-state index contributed by atoms with van der Waals surface area (Å²) >= 11 is 11.8. The first-order chi connectivity index (χ1) is 28.7. The maximum atomic E-state index is 13.1. The van der Waals surface area contributed by atoms with E-state index in [9.17, 15) is 31.5 Å². The monoisotopic (exact) mass is 882 g/mol. The number of carbonyl (C=O) groups is 2. The lowest BCUT2D eigenvalue weighted by atomic mass is 10.1. The summed E-state index contributed by atoms with van der Waals surface area (Å²) in [5.41, 5.74) is 2.42. The largest absolute Gasteiger partial charge is 0.480 e. The van der Waals surface area contributed by atoms with E-state index in [4.69, 9.17) is 27.9 Å². The molecule has 0 saturated heterocycles. The smallest absolute Gasteiger partial charge is 0.327 e. The minimum absolute atomic E-state index is 0.0227. The lowest BCUT2D eigenvalue weighted by Crippen LogP contribution is -2.45. The highest BCUT2D eigenvalue weighted by atomic mass is 35.5. The molecule has 2 saturated carbocycles. The van der Waals surface area contributed by atoms with Gasteiger partial charge in [-0.3, -0.25) is 4.79 Å². The maximum absolute atomic E-state index is 13.1. The van der Waals surface area contributed by atoms with Gasteiger partial charge in [-0.2, -0.15) is 9.44 Å². The van der Waals surface area contributed by atoms with Gasteiger partial charge >= 0.3 is 11.9 Å². The molecular formula is C46H40Cl2N2O8S2. The Hall–Kier alpha value is -5.34. The number of rotatable bonds is 13. The van der Waals surface area contributed by atoms with Gasteiger partial charge in [0.2, 0.25) is 20.0 Å². The number of benzene rings is 6. The third-order valence-electron chi connectivity index (χ3n) is 10.7. The molecule has 0 bridgehead atoms. The van der Waals surface area contributed by atoms with Crippen LogP contribution in [0.1, 0.15) is 42.7 Å². The number of ether oxygens (including phenoxy) is 1. The molecule has 6 aromatic rings. The number of halogens is 2. The zero-order valence-corrected chi connectivity index (χ0v) is 35.3. The fourth-order valence-electron chi connectivity index (χ4n) is 7.27. The van der Waals surface area contributed by atoms with Gasteiger partial charge in [0.1, 0.15) is 11.1 Å². The standard InChI is InChI=1S/C24H22ClNO4S.C22H18ClNO4S/c1-2-30-23(27)24(16-22(24)19-6-4-3-5-7-19)26-31(28,29)21-14-10-18(11-15-21)17-8-12-20(25)13-9-17;23-18-10-6-15(7-11-18)16-8-12-19(13-9-16)29(27,28)24-22(21(25)26)14-20(22)17-4-2-1-3-5-17/h3-15,22,26H,2,16H2,1H3;1-13,20,24H,14H2,(H,25,26)/t22-,24+;20-,22+/m11/s1. The molecule has 14 heteroatoms. The average Bonchev–Trinajstić information content (AvgIpc) is 4.17. The predicted molar refractivity (Wildman–Crippen MR) is 232 cm³/mol. The Balaban J connectivity index is 0.000000182. The number of aliphatic carboxylic acids is 1. The number of hydrogen-bond acceptors (Lipinski definition) is 7. The Bertz CT molecular complexity index is 2710. The second-order valence-electron chi connectivity index (χ2n) is 14.6. The van der Waals surface area contributed by atoms with E-state index in [1.807, 2.05) is 84.9 Å². The molecule has 0 unspecified atom stereocenters. The number of carboxylic acids is 1. The second kappa shape index (κ2) is 17.3. The molecule has 10 nitrogen and oxygen atoms in total. The van der Waals surface area contributed by atoms with Crippen LogP contribution >= 0.6 is 23.2 Å². The van der Waals surface area contributed by atoms with Crippen molar-refractivity contribution in [3.05, 3.63) is 179 Å². The van der Waals surface area contributed by atoms with E-state index >= 15 is 0 Å². The number of carbonyl (C=O) groups excluding carboxylic acids is 1. The van der Waals surface area contributed by atoms with Crippen LogP contribution in [-0.2, 0) is 34.4 Å². The first kappa shape index (κ1) is 42.8. The summed E-state index contributed by atoms with van der Waals surface area (Å²) in [5.74, 6) is -2.39. The molecule has 308 valence electrons. The quantitative estimate of drug-likeness (QED) is 0.0971. The summed E-state index contributed by atoms with van der Waals surface area (Å²) in [7, 11) is -7.94. The minimum Gasteiger partial charge on any atom is -0.480 e. The van der Waals surface area contributed by atoms with E-state index in [0.717, 1.165) is 33.4 Å². The van der Waals surface area contributed by atoms with Gasteiger partial charge < -0.3 is 9.84 Å². The van der Waals surface area contributed by atoms with Crippen molar-refractivity contribution in [1.29, 1.82) is 0 Å². The van der Waals surface area contributed by atoms with E-state index in [2.05, 4.69) is 9.44 Å². The molecule has 2 aliphatic rings. The third kappa shape index (κ3) is 9.19. The highest BCUT2D eigenvalue weighted by Crippen LogP contribution is 2.53. The van der Waals surface area contributed by atoms with Crippen molar-refractivity contribution >= 4 is 55.2 Å². The Labute approximate surface area is 359 Å². The molecule has 0 heterocycles. The highest BCUT2D eigenvalue weighted by molar-refractivity contribution is 7.90. The molecule has 3 N–H and O–H groups in total. The molecule has 0 aliphatic heterocycles. The van der Waals surface area contributed by atoms with E-state index in [0.29, 0.717) is 16.5 Å². The van der Waals surface area contributed by atoms with Crippen LogP contribution in [0.2, 0.25) is 10.0 Å². The van der Waals surface area contributed by atoms with Gasteiger partial charge in [0.25, 0.3) is 0 Å². The predicted octanol–water partition coefficient (Wildman–Crippen LogP) is 9.07. The van der Waals surface area contributed by atoms with Crippen LogP contribution in [0.3, 0.4) is 0 Å². The lowest BCUT2D eigenvalue weighted by molar-refractivity contribution is -0.146. The molecule has 2 aliphatic carbocycles. The summed E-state index contributed by atoms with van der Waals surface area (Å²) in [6, 6.07) is 45.8. The Morgan fingerprint density at radius 1 is 0.567 bits per heavy atom. The Kier molecular flexibility index (Phi) is 12.4. The van der Waals surface area contributed by atoms with Crippen LogP contribution in [0.4, 0.5) is 0 Å². The van der Waals surface area contributed by atoms with Gasteiger partial charge in [0, 0.05) is 21.9 Å². The Morgan fingerprint density at radius 3 is 1.27 bits per heavy atom. The first-order valence-corrected chi connectivity index (χ1v) is 22.7. The van der Waals surface area contributed by atoms with Crippen molar-refractivity contribution in [1.82, 2.24) is 9.44 Å². The van der Waals surface area contributed by atoms with Crippen molar-refractivity contribution in [2.45, 2.75) is 52.5 Å². The lowest BCUT2D eigenvalue weighted by Gasteiger charge is -2.18. The molecule has 0 amide bonds. The van der Waals surface area contributed by atoms with Gasteiger partial charge in [0.15, 0.2) is 0 Å². The SMILES string of the molecule is CCOC(=O)[C@]1(NS(=O)(=O)c2ccc(-c3ccc(Cl)cc3)cc2)C[C@@H]1c1ccccc1.O=C(O)[C@]1(NS(=O)(=O)c2ccc(-c3ccc(Cl)cc3)cc2)C[C@@H]1c1ccccc1. The average molecular weight is 884 g/mol. The van der Waals surface area contributed by atoms with Crippen molar-refractivity contribution in [3.63, 3.8) is 0 Å². The van der Waals surface area contributed by atoms with Crippen molar-refractivity contribution < 1.29 is 36.3 Å². The van der Waals surface area contributed by atoms with Crippen molar-refractivity contribution in [2.75, 3.05) is 6.61 Å². The molecule has 2 fully saturated rings. The number of sulfonamides is 2. The Morgan fingerprint density at radius 2 is 0.900 bits per heavy atom. The summed E-state index contributed by atoms with van der Waals surface area (Å²) in [6.45, 7) is 1.88. The van der Waals surface area contributed by atoms with E-state index in [1.54, 1.807) is 55.5 Å². The zero-order valence-electron chi connectivity index (χ0n) is 32.2. The third-order valence-corrected chi connectivity index (χ3v) is 14.2. The summed E-state index contributed by atoms with van der Waals surface area (Å²) < 4.78 is 62.3. The molecule has 0 spiro atoms. The van der Waals surface area contributed by atoms with Crippen LogP contribution in [0, 0.1) is 0 Å². The van der Waals surface area contributed by atoms with Crippen LogP contribution in [-0.4, -0.2) is 51.6 Å². The first-order valence-electron chi connectivity index (χ1n) is 19.0. The molecule has 60 heavy (non-hydrogen) atoms. The van der Waals surface area contributed by atoms with Gasteiger partial charge in [-0.15, -0.1) is 0 Å². The van der Waals surface area contributed by atoms with E-state index in [-0.39, 0.29) is 28.7 Å². The zero-order chi connectivity index (χ0) is 42.7. The highest BCUT2D eigenvalue weighted by Gasteiger charge is 2.64. The molecule has 4 atom stereocenters. The molecule has 0 radical (unpaired) electrons. The molecular weight excluding hydrogens is 844 g/mol. The van der Waals surface area contributed by atoms with E-state index < -0.39 is 49.0 Å². The summed E-state index contributed by atoms with van der Waals surface area (Å²) in [5, 5.41) is 11.0. The van der Waals surface area contributed by atoms with Gasteiger partial charge in [0.05, 0.1) is 16.4 Å². The summed E-state index contributed by atoms with van der Waals surface area (Å²) in [6.07, 6.45) is 0.576. The minimum atomic E-state index is -4.00. The van der Waals surface area contributed by atoms with Crippen molar-refractivity contribution in [3.8, 4) is 22.3 Å². The fourth-order valence-corrected chi connectivity index (χ4v) is 10.3. The molecule has 0 aromatic heterocycles. The topological polar surface area (TPSA) is 156 Å². The van der Waals surface area contributed by atoms with Crippen molar-refractivity contribution in [2.24, 2.45) is 0 Å². The normalized spacial score (nSPS) is 20.6. The summed E-state index contributed by atoms with van der Waals surface area (Å²) in [4.78, 5) is 24.7. The van der Waals surface area contributed by atoms with Crippen LogP contribution in [0.5, 0.6) is 0 Å². The van der Waals surface area contributed by atoms with Crippen LogP contribution < -0.4 is 9.44 Å². The van der Waals surface area contributed by atoms with Crippen LogP contribution in [0.25, 0.3) is 22.3 Å². The number of nitrogens with one attached hydrogen (secondary N) is 2. The molecule has 6 aromatic carbocycles. The number of carboxylic acid groups (broad SMARTS) is 1. The van der Waals surface area contributed by atoms with Gasteiger partial charge in [-0.25, -0.2) is 21.6 Å². The number of esters is 1. The fraction of sp³-hybridized carbons (Fsp3) is 0.174. The van der Waals surface area contributed by atoms with E-state index in [1.165, 1.54) is 24.3 Å². The van der Waals surface area contributed by atoms with Gasteiger partial charge in [-0.05, 0) is 102 Å². The molecule has 8 rings (SSSR count). The van der Waals surface area contributed by atoms with Gasteiger partial charge in [-0.1, -0.05) is 132 Å². The number of hydrogen-bond donors (Lipinski definition) is 3. The van der Waals surface area contributed by atoms with Crippen LogP contribution in [0.15, 0.2) is 168 Å².